The Morgan fingerprint density at radius 1 is 1.31 bits per heavy atom. The topological polar surface area (TPSA) is 51.0 Å². The van der Waals surface area contributed by atoms with Crippen LogP contribution < -0.4 is 5.32 Å². The smallest absolute Gasteiger partial charge is 0.211 e. The maximum Gasteiger partial charge on any atom is 0.211 e. The number of nitrogens with one attached hydrogen (secondary N) is 1. The first-order valence-electron chi connectivity index (χ1n) is 5.23. The number of aromatic nitrogens is 2. The van der Waals surface area contributed by atoms with Gasteiger partial charge in [0.2, 0.25) is 5.89 Å². The van der Waals surface area contributed by atoms with Gasteiger partial charge in [0, 0.05) is 11.4 Å². The van der Waals surface area contributed by atoms with Gasteiger partial charge < -0.3 is 4.42 Å². The van der Waals surface area contributed by atoms with Crippen molar-refractivity contribution in [1.82, 2.24) is 15.3 Å². The second kappa shape index (κ2) is 4.76. The van der Waals surface area contributed by atoms with Crippen LogP contribution in [-0.2, 0) is 0 Å². The Balaban J connectivity index is 2.00. The van der Waals surface area contributed by atoms with Crippen molar-refractivity contribution in [2.24, 2.45) is 0 Å². The van der Waals surface area contributed by atoms with Gasteiger partial charge >= 0.3 is 0 Å². The van der Waals surface area contributed by atoms with Gasteiger partial charge in [-0.05, 0) is 20.8 Å². The third kappa shape index (κ3) is 2.48. The summed E-state index contributed by atoms with van der Waals surface area (Å²) in [5.74, 6) is 1.56. The molecular formula is C11H15N3OS. The van der Waals surface area contributed by atoms with E-state index in [0.29, 0.717) is 0 Å². The zero-order chi connectivity index (χ0) is 11.5. The molecule has 0 saturated heterocycles. The van der Waals surface area contributed by atoms with Gasteiger partial charge in [-0.1, -0.05) is 0 Å². The van der Waals surface area contributed by atoms with Crippen LogP contribution in [0.3, 0.4) is 0 Å². The second-order valence-corrected chi connectivity index (χ2v) is 4.55. The molecular weight excluding hydrogens is 222 g/mol. The van der Waals surface area contributed by atoms with Crippen LogP contribution in [0.2, 0.25) is 0 Å². The summed E-state index contributed by atoms with van der Waals surface area (Å²) in [6, 6.07) is 0.291. The summed E-state index contributed by atoms with van der Waals surface area (Å²) in [6.07, 6.45) is 1.74. The Labute approximate surface area is 98.7 Å². The standard InChI is InChI=1S/C11H15N3OS/c1-7-4-12-11(15-7)9(3)14-8(2)10-5-16-6-13-10/h4-6,8-9,14H,1-3H3. The Morgan fingerprint density at radius 2 is 2.12 bits per heavy atom. The molecule has 86 valence electrons. The van der Waals surface area contributed by atoms with Crippen molar-refractivity contribution in [3.05, 3.63) is 34.4 Å². The lowest BCUT2D eigenvalue weighted by Gasteiger charge is -2.15. The lowest BCUT2D eigenvalue weighted by Crippen LogP contribution is -2.22. The summed E-state index contributed by atoms with van der Waals surface area (Å²) in [5.41, 5.74) is 2.90. The van der Waals surface area contributed by atoms with Crippen molar-refractivity contribution in [2.75, 3.05) is 0 Å². The van der Waals surface area contributed by atoms with E-state index in [9.17, 15) is 0 Å². The third-order valence-corrected chi connectivity index (χ3v) is 3.01. The quantitative estimate of drug-likeness (QED) is 0.888. The third-order valence-electron chi connectivity index (χ3n) is 2.40. The highest BCUT2D eigenvalue weighted by molar-refractivity contribution is 7.07. The van der Waals surface area contributed by atoms with Crippen LogP contribution in [0, 0.1) is 6.92 Å². The molecule has 0 spiro atoms. The van der Waals surface area contributed by atoms with Gasteiger partial charge in [0.05, 0.1) is 23.4 Å². The van der Waals surface area contributed by atoms with Gasteiger partial charge in [-0.2, -0.15) is 0 Å². The molecule has 2 atom stereocenters. The number of hydrogen-bond donors (Lipinski definition) is 1. The molecule has 2 heterocycles. The van der Waals surface area contributed by atoms with Crippen molar-refractivity contribution in [3.63, 3.8) is 0 Å². The summed E-state index contributed by atoms with van der Waals surface area (Å²) < 4.78 is 5.47. The van der Waals surface area contributed by atoms with Crippen LogP contribution >= 0.6 is 11.3 Å². The van der Waals surface area contributed by atoms with Crippen molar-refractivity contribution < 1.29 is 4.42 Å². The number of thiazole rings is 1. The Kier molecular flexibility index (Phi) is 3.36. The molecule has 0 amide bonds. The Bertz CT molecular complexity index is 438. The molecule has 0 aliphatic heterocycles. The van der Waals surface area contributed by atoms with Gasteiger partial charge in [0.15, 0.2) is 0 Å². The van der Waals surface area contributed by atoms with Crippen molar-refractivity contribution >= 4 is 11.3 Å². The van der Waals surface area contributed by atoms with Gasteiger partial charge in [-0.3, -0.25) is 5.32 Å². The number of hydrogen-bond acceptors (Lipinski definition) is 5. The van der Waals surface area contributed by atoms with E-state index in [4.69, 9.17) is 4.42 Å². The molecule has 0 aliphatic rings. The monoisotopic (exact) mass is 237 g/mol. The second-order valence-electron chi connectivity index (χ2n) is 3.83. The van der Waals surface area contributed by atoms with E-state index in [1.165, 1.54) is 0 Å². The molecule has 0 bridgehead atoms. The van der Waals surface area contributed by atoms with E-state index in [0.717, 1.165) is 17.3 Å². The highest BCUT2D eigenvalue weighted by Crippen LogP contribution is 2.18. The zero-order valence-corrected chi connectivity index (χ0v) is 10.4. The minimum Gasteiger partial charge on any atom is -0.444 e. The Morgan fingerprint density at radius 3 is 2.69 bits per heavy atom. The lowest BCUT2D eigenvalue weighted by molar-refractivity contribution is 0.378. The molecule has 0 fully saturated rings. The first-order valence-corrected chi connectivity index (χ1v) is 6.17. The molecule has 0 radical (unpaired) electrons. The molecule has 16 heavy (non-hydrogen) atoms. The minimum absolute atomic E-state index is 0.0883. The van der Waals surface area contributed by atoms with E-state index in [1.54, 1.807) is 17.5 Å². The zero-order valence-electron chi connectivity index (χ0n) is 9.60. The molecule has 0 aliphatic carbocycles. The molecule has 2 unspecified atom stereocenters. The van der Waals surface area contributed by atoms with Crippen LogP contribution in [0.4, 0.5) is 0 Å². The molecule has 2 rings (SSSR count). The van der Waals surface area contributed by atoms with Gasteiger partial charge in [-0.25, -0.2) is 9.97 Å². The van der Waals surface area contributed by atoms with Gasteiger partial charge in [-0.15, -0.1) is 11.3 Å². The fourth-order valence-corrected chi connectivity index (χ4v) is 2.19. The fraction of sp³-hybridized carbons (Fsp3) is 0.455. The summed E-state index contributed by atoms with van der Waals surface area (Å²) in [5, 5.41) is 5.45. The Hall–Kier alpha value is -1.20. The van der Waals surface area contributed by atoms with Crippen LogP contribution in [0.5, 0.6) is 0 Å². The average Bonchev–Trinajstić information content (AvgIpc) is 2.87. The largest absolute Gasteiger partial charge is 0.444 e. The van der Waals surface area contributed by atoms with E-state index in [2.05, 4.69) is 22.2 Å². The van der Waals surface area contributed by atoms with E-state index >= 15 is 0 Å². The van der Waals surface area contributed by atoms with Crippen molar-refractivity contribution in [1.29, 1.82) is 0 Å². The normalized spacial score (nSPS) is 14.9. The average molecular weight is 237 g/mol. The van der Waals surface area contributed by atoms with Gasteiger partial charge in [0.1, 0.15) is 5.76 Å². The summed E-state index contributed by atoms with van der Waals surface area (Å²) in [6.45, 7) is 6.02. The molecule has 1 N–H and O–H groups in total. The predicted octanol–water partition coefficient (Wildman–Crippen LogP) is 2.85. The van der Waals surface area contributed by atoms with E-state index < -0.39 is 0 Å². The number of oxazole rings is 1. The van der Waals surface area contributed by atoms with Gasteiger partial charge in [0.25, 0.3) is 0 Å². The predicted molar refractivity (Wildman–Crippen MR) is 63.3 cm³/mol. The highest BCUT2D eigenvalue weighted by atomic mass is 32.1. The lowest BCUT2D eigenvalue weighted by atomic mass is 10.2. The SMILES string of the molecule is Cc1cnc(C(C)NC(C)c2cscn2)o1. The molecule has 0 saturated carbocycles. The molecule has 2 aromatic rings. The van der Waals surface area contributed by atoms with Crippen molar-refractivity contribution in [3.8, 4) is 0 Å². The molecule has 2 aromatic heterocycles. The first kappa shape index (κ1) is 11.3. The number of nitrogens with zero attached hydrogens (tertiary/aromatic N) is 2. The number of aryl methyl sites for hydroxylation is 1. The summed E-state index contributed by atoms with van der Waals surface area (Å²) in [7, 11) is 0. The summed E-state index contributed by atoms with van der Waals surface area (Å²) >= 11 is 1.60. The van der Waals surface area contributed by atoms with Crippen molar-refractivity contribution in [2.45, 2.75) is 32.9 Å². The molecule has 0 aromatic carbocycles. The fourth-order valence-electron chi connectivity index (χ4n) is 1.54. The minimum atomic E-state index is 0.0883. The highest BCUT2D eigenvalue weighted by Gasteiger charge is 2.15. The van der Waals surface area contributed by atoms with Crippen LogP contribution in [0.25, 0.3) is 0 Å². The molecule has 5 heteroatoms. The maximum absolute atomic E-state index is 5.47. The molecule has 4 nitrogen and oxygen atoms in total. The summed E-state index contributed by atoms with van der Waals surface area (Å²) in [4.78, 5) is 8.48. The first-order chi connectivity index (χ1) is 7.66. The van der Waals surface area contributed by atoms with Crippen LogP contribution in [-0.4, -0.2) is 9.97 Å². The van der Waals surface area contributed by atoms with E-state index in [-0.39, 0.29) is 12.1 Å². The van der Waals surface area contributed by atoms with Crippen LogP contribution in [0.15, 0.2) is 21.5 Å². The van der Waals surface area contributed by atoms with Crippen LogP contribution in [0.1, 0.15) is 43.3 Å². The number of rotatable bonds is 4. The maximum atomic E-state index is 5.47. The van der Waals surface area contributed by atoms with E-state index in [1.807, 2.05) is 24.7 Å².